The average Bonchev–Trinajstić information content (AvgIpc) is 3.16. The second-order valence-corrected chi connectivity index (χ2v) is 7.89. The number of aromatic nitrogens is 4. The van der Waals surface area contributed by atoms with Crippen LogP contribution >= 0.6 is 0 Å². The lowest BCUT2D eigenvalue weighted by atomic mass is 10.1. The van der Waals surface area contributed by atoms with Crippen LogP contribution in [0.15, 0.2) is 54.9 Å². The molecule has 0 amide bonds. The second kappa shape index (κ2) is 7.88. The van der Waals surface area contributed by atoms with Gasteiger partial charge in [-0.2, -0.15) is 5.10 Å². The lowest BCUT2D eigenvalue weighted by molar-refractivity contribution is 0.122. The number of rotatable bonds is 4. The Morgan fingerprint density at radius 1 is 0.967 bits per heavy atom. The number of aryl methyl sites for hydroxylation is 2. The van der Waals surface area contributed by atoms with Gasteiger partial charge in [0.25, 0.3) is 0 Å². The van der Waals surface area contributed by atoms with Crippen LogP contribution in [0.25, 0.3) is 16.9 Å². The molecule has 0 saturated carbocycles. The van der Waals surface area contributed by atoms with Crippen LogP contribution in [-0.2, 0) is 11.2 Å². The molecular weight excluding hydrogens is 374 g/mol. The Hall–Kier alpha value is -3.25. The van der Waals surface area contributed by atoms with Gasteiger partial charge in [0.15, 0.2) is 11.5 Å². The van der Waals surface area contributed by atoms with Gasteiger partial charge in [0.05, 0.1) is 13.2 Å². The molecule has 0 N–H and O–H groups in total. The van der Waals surface area contributed by atoms with Crippen molar-refractivity contribution in [3.8, 4) is 11.3 Å². The summed E-state index contributed by atoms with van der Waals surface area (Å²) in [7, 11) is 0. The molecule has 30 heavy (non-hydrogen) atoms. The van der Waals surface area contributed by atoms with E-state index in [4.69, 9.17) is 9.72 Å². The molecule has 2 aromatic heterocycles. The van der Waals surface area contributed by atoms with E-state index in [1.807, 2.05) is 10.7 Å². The number of morpholine rings is 1. The fourth-order valence-corrected chi connectivity index (χ4v) is 4.15. The molecule has 0 atom stereocenters. The molecular formula is C24H25N5O. The summed E-state index contributed by atoms with van der Waals surface area (Å²) in [5, 5.41) is 4.69. The fraction of sp³-hybridized carbons (Fsp3) is 0.292. The molecule has 0 bridgehead atoms. The summed E-state index contributed by atoms with van der Waals surface area (Å²) in [6.07, 6.45) is 4.35. The van der Waals surface area contributed by atoms with Gasteiger partial charge in [-0.3, -0.25) is 4.98 Å². The molecule has 1 fully saturated rings. The van der Waals surface area contributed by atoms with Gasteiger partial charge in [-0.25, -0.2) is 9.50 Å². The first-order valence-electron chi connectivity index (χ1n) is 10.4. The summed E-state index contributed by atoms with van der Waals surface area (Å²) in [4.78, 5) is 11.8. The summed E-state index contributed by atoms with van der Waals surface area (Å²) < 4.78 is 7.28. The van der Waals surface area contributed by atoms with Crippen LogP contribution in [0.2, 0.25) is 0 Å². The van der Waals surface area contributed by atoms with E-state index in [1.165, 1.54) is 22.4 Å². The monoisotopic (exact) mass is 399 g/mol. The fourth-order valence-electron chi connectivity index (χ4n) is 4.15. The summed E-state index contributed by atoms with van der Waals surface area (Å²) in [6, 6.07) is 15.1. The van der Waals surface area contributed by atoms with Gasteiger partial charge in [-0.1, -0.05) is 41.5 Å². The minimum atomic E-state index is 0.708. The molecule has 1 aliphatic rings. The Balaban J connectivity index is 1.45. The Morgan fingerprint density at radius 3 is 2.43 bits per heavy atom. The number of fused-ring (bicyclic) bond motifs is 1. The summed E-state index contributed by atoms with van der Waals surface area (Å²) in [6.45, 7) is 7.67. The normalized spacial score (nSPS) is 14.4. The minimum Gasteiger partial charge on any atom is -0.378 e. The highest BCUT2D eigenvalue weighted by atomic mass is 16.5. The van der Waals surface area contributed by atoms with E-state index in [0.29, 0.717) is 6.42 Å². The lowest BCUT2D eigenvalue weighted by Crippen LogP contribution is -2.36. The number of benzene rings is 2. The molecule has 0 aliphatic carbocycles. The van der Waals surface area contributed by atoms with Gasteiger partial charge in [0.2, 0.25) is 0 Å². The van der Waals surface area contributed by atoms with Crippen molar-refractivity contribution in [2.45, 2.75) is 20.3 Å². The number of hydrogen-bond acceptors (Lipinski definition) is 5. The molecule has 6 heteroatoms. The third-order valence-electron chi connectivity index (χ3n) is 5.46. The minimum absolute atomic E-state index is 0.708. The molecule has 0 unspecified atom stereocenters. The molecule has 0 radical (unpaired) electrons. The molecule has 152 valence electrons. The van der Waals surface area contributed by atoms with E-state index >= 15 is 0 Å². The largest absolute Gasteiger partial charge is 0.378 e. The molecule has 0 spiro atoms. The van der Waals surface area contributed by atoms with Gasteiger partial charge in [-0.15, -0.1) is 0 Å². The van der Waals surface area contributed by atoms with Gasteiger partial charge < -0.3 is 9.64 Å². The average molecular weight is 399 g/mol. The maximum atomic E-state index is 5.45. The van der Waals surface area contributed by atoms with Crippen LogP contribution in [0.4, 0.5) is 5.69 Å². The van der Waals surface area contributed by atoms with Crippen LogP contribution in [0, 0.1) is 13.8 Å². The van der Waals surface area contributed by atoms with Crippen molar-refractivity contribution in [2.75, 3.05) is 31.2 Å². The lowest BCUT2D eigenvalue weighted by Gasteiger charge is -2.28. The third-order valence-corrected chi connectivity index (χ3v) is 5.46. The van der Waals surface area contributed by atoms with E-state index in [0.717, 1.165) is 49.0 Å². The SMILES string of the molecule is Cc1cc(C)cc(Cc2nc3c(-c4ccc(N5CCOCC5)cc4)nccn3n2)c1. The molecule has 1 aliphatic heterocycles. The van der Waals surface area contributed by atoms with E-state index < -0.39 is 0 Å². The van der Waals surface area contributed by atoms with E-state index in [9.17, 15) is 0 Å². The van der Waals surface area contributed by atoms with Gasteiger partial charge in [-0.05, 0) is 31.5 Å². The molecule has 1 saturated heterocycles. The maximum Gasteiger partial charge on any atom is 0.181 e. The molecule has 3 heterocycles. The van der Waals surface area contributed by atoms with Crippen molar-refractivity contribution in [3.63, 3.8) is 0 Å². The molecule has 5 rings (SSSR count). The van der Waals surface area contributed by atoms with Crippen molar-refractivity contribution in [3.05, 3.63) is 77.4 Å². The van der Waals surface area contributed by atoms with Crippen molar-refractivity contribution in [2.24, 2.45) is 0 Å². The van der Waals surface area contributed by atoms with Crippen LogP contribution < -0.4 is 4.90 Å². The van der Waals surface area contributed by atoms with Crippen molar-refractivity contribution in [1.82, 2.24) is 19.6 Å². The highest BCUT2D eigenvalue weighted by Gasteiger charge is 2.14. The summed E-state index contributed by atoms with van der Waals surface area (Å²) in [5.74, 6) is 0.805. The summed E-state index contributed by atoms with van der Waals surface area (Å²) in [5.41, 5.74) is 7.65. The smallest absolute Gasteiger partial charge is 0.181 e. The van der Waals surface area contributed by atoms with Crippen LogP contribution in [0.1, 0.15) is 22.5 Å². The zero-order valence-corrected chi connectivity index (χ0v) is 17.4. The first-order chi connectivity index (χ1) is 14.7. The van der Waals surface area contributed by atoms with Crippen molar-refractivity contribution >= 4 is 11.3 Å². The van der Waals surface area contributed by atoms with Crippen LogP contribution in [0.5, 0.6) is 0 Å². The maximum absolute atomic E-state index is 5.45. The van der Waals surface area contributed by atoms with E-state index in [2.05, 4.69) is 71.3 Å². The number of hydrogen-bond donors (Lipinski definition) is 0. The highest BCUT2D eigenvalue weighted by molar-refractivity contribution is 5.74. The Labute approximate surface area is 176 Å². The molecule has 6 nitrogen and oxygen atoms in total. The zero-order chi connectivity index (χ0) is 20.5. The number of ether oxygens (including phenoxy) is 1. The van der Waals surface area contributed by atoms with Crippen LogP contribution in [0.3, 0.4) is 0 Å². The number of nitrogens with zero attached hydrogens (tertiary/aromatic N) is 5. The standard InChI is InChI=1S/C24H25N5O/c1-17-13-18(2)15-19(14-17)16-22-26-24-23(25-7-8-29(24)27-22)20-3-5-21(6-4-20)28-9-11-30-12-10-28/h3-8,13-15H,9-12,16H2,1-2H3. The van der Waals surface area contributed by atoms with Crippen LogP contribution in [-0.4, -0.2) is 45.9 Å². The number of anilines is 1. The summed E-state index contributed by atoms with van der Waals surface area (Å²) >= 11 is 0. The second-order valence-electron chi connectivity index (χ2n) is 7.89. The highest BCUT2D eigenvalue weighted by Crippen LogP contribution is 2.25. The Bertz CT molecular complexity index is 1160. The topological polar surface area (TPSA) is 55.5 Å². The predicted octanol–water partition coefficient (Wildman–Crippen LogP) is 3.84. The first kappa shape index (κ1) is 18.8. The van der Waals surface area contributed by atoms with Gasteiger partial charge >= 0.3 is 0 Å². The Morgan fingerprint density at radius 2 is 1.70 bits per heavy atom. The van der Waals surface area contributed by atoms with E-state index in [-0.39, 0.29) is 0 Å². The molecule has 2 aromatic carbocycles. The van der Waals surface area contributed by atoms with Gasteiger partial charge in [0.1, 0.15) is 5.69 Å². The Kier molecular flexibility index (Phi) is 4.93. The van der Waals surface area contributed by atoms with Gasteiger partial charge in [0, 0.05) is 43.2 Å². The first-order valence-corrected chi connectivity index (χ1v) is 10.4. The predicted molar refractivity (Wildman–Crippen MR) is 118 cm³/mol. The quantitative estimate of drug-likeness (QED) is 0.522. The van der Waals surface area contributed by atoms with Crippen molar-refractivity contribution < 1.29 is 4.74 Å². The zero-order valence-electron chi connectivity index (χ0n) is 17.4. The molecule has 4 aromatic rings. The van der Waals surface area contributed by atoms with E-state index in [1.54, 1.807) is 6.20 Å². The van der Waals surface area contributed by atoms with Crippen molar-refractivity contribution in [1.29, 1.82) is 0 Å². The third kappa shape index (κ3) is 3.78.